The maximum Gasteiger partial charge on any atom is 0.244 e. The van der Waals surface area contributed by atoms with Crippen molar-refractivity contribution in [2.75, 3.05) is 25.0 Å². The largest absolute Gasteiger partial charge is 0.339 e. The lowest BCUT2D eigenvalue weighted by molar-refractivity contribution is 0.439. The first-order valence-electron chi connectivity index (χ1n) is 7.02. The molecule has 0 radical (unpaired) electrons. The van der Waals surface area contributed by atoms with Crippen molar-refractivity contribution in [1.82, 2.24) is 20.5 Å². The fraction of sp³-hybridized carbons (Fsp3) is 0.846. The number of hydrogen-bond acceptors (Lipinski definition) is 4. The van der Waals surface area contributed by atoms with Gasteiger partial charge in [-0.3, -0.25) is 5.10 Å². The first kappa shape index (κ1) is 13.3. The van der Waals surface area contributed by atoms with Gasteiger partial charge >= 0.3 is 0 Å². The van der Waals surface area contributed by atoms with E-state index in [2.05, 4.69) is 39.2 Å². The average Bonchev–Trinajstić information content (AvgIpc) is 2.85. The van der Waals surface area contributed by atoms with Crippen molar-refractivity contribution in [2.45, 2.75) is 45.6 Å². The van der Waals surface area contributed by atoms with Crippen LogP contribution >= 0.6 is 0 Å². The maximum absolute atomic E-state index is 4.60. The summed E-state index contributed by atoms with van der Waals surface area (Å²) in [6.45, 7) is 6.57. The number of aromatic amines is 1. The monoisotopic (exact) mass is 251 g/mol. The van der Waals surface area contributed by atoms with Gasteiger partial charge in [-0.25, -0.2) is 0 Å². The van der Waals surface area contributed by atoms with Gasteiger partial charge in [0.05, 0.1) is 0 Å². The Balaban J connectivity index is 1.86. The van der Waals surface area contributed by atoms with E-state index in [-0.39, 0.29) is 0 Å². The van der Waals surface area contributed by atoms with Gasteiger partial charge in [0.2, 0.25) is 5.95 Å². The van der Waals surface area contributed by atoms with Crippen LogP contribution in [-0.4, -0.2) is 41.4 Å². The highest BCUT2D eigenvalue weighted by molar-refractivity contribution is 5.29. The predicted molar refractivity (Wildman–Crippen MR) is 73.8 cm³/mol. The fourth-order valence-electron chi connectivity index (χ4n) is 2.33. The zero-order valence-corrected chi connectivity index (χ0v) is 11.7. The Morgan fingerprint density at radius 3 is 2.72 bits per heavy atom. The van der Waals surface area contributed by atoms with Crippen molar-refractivity contribution in [1.29, 1.82) is 0 Å². The molecule has 1 aliphatic heterocycles. The van der Waals surface area contributed by atoms with E-state index in [1.807, 2.05) is 7.05 Å². The van der Waals surface area contributed by atoms with Crippen molar-refractivity contribution in [3.8, 4) is 0 Å². The van der Waals surface area contributed by atoms with E-state index in [9.17, 15) is 0 Å². The third-order valence-corrected chi connectivity index (χ3v) is 3.66. The average molecular weight is 251 g/mol. The molecule has 2 rings (SSSR count). The van der Waals surface area contributed by atoms with Crippen LogP contribution in [0.2, 0.25) is 0 Å². The first-order valence-corrected chi connectivity index (χ1v) is 7.02. The molecule has 18 heavy (non-hydrogen) atoms. The molecule has 0 unspecified atom stereocenters. The topological polar surface area (TPSA) is 56.8 Å². The number of anilines is 1. The van der Waals surface area contributed by atoms with Crippen LogP contribution in [0.3, 0.4) is 0 Å². The normalized spacial score (nSPS) is 17.7. The van der Waals surface area contributed by atoms with Crippen molar-refractivity contribution in [3.63, 3.8) is 0 Å². The minimum Gasteiger partial charge on any atom is -0.339 e. The molecule has 5 nitrogen and oxygen atoms in total. The molecule has 1 saturated heterocycles. The molecule has 0 aromatic carbocycles. The fourth-order valence-corrected chi connectivity index (χ4v) is 2.33. The number of aryl methyl sites for hydroxylation is 1. The first-order chi connectivity index (χ1) is 8.69. The molecule has 5 heteroatoms. The zero-order valence-electron chi connectivity index (χ0n) is 11.7. The molecule has 0 saturated carbocycles. The molecule has 1 aromatic rings. The van der Waals surface area contributed by atoms with Crippen LogP contribution in [0.25, 0.3) is 0 Å². The van der Waals surface area contributed by atoms with Crippen LogP contribution in [0.1, 0.15) is 38.9 Å². The van der Waals surface area contributed by atoms with Crippen LogP contribution in [0.4, 0.5) is 5.95 Å². The lowest BCUT2D eigenvalue weighted by Gasteiger charge is -2.30. The van der Waals surface area contributed by atoms with E-state index in [0.29, 0.717) is 12.0 Å². The Bertz CT molecular complexity index is 352. The smallest absolute Gasteiger partial charge is 0.244 e. The molecule has 0 bridgehead atoms. The van der Waals surface area contributed by atoms with Gasteiger partial charge in [-0.2, -0.15) is 4.98 Å². The lowest BCUT2D eigenvalue weighted by Crippen LogP contribution is -2.41. The Morgan fingerprint density at radius 2 is 2.11 bits per heavy atom. The number of H-pyrrole nitrogens is 1. The number of piperidine rings is 1. The van der Waals surface area contributed by atoms with Crippen LogP contribution in [0.15, 0.2) is 0 Å². The second-order valence-electron chi connectivity index (χ2n) is 5.56. The quantitative estimate of drug-likeness (QED) is 0.834. The summed E-state index contributed by atoms with van der Waals surface area (Å²) in [7, 11) is 2.04. The third kappa shape index (κ3) is 3.45. The predicted octanol–water partition coefficient (Wildman–Crippen LogP) is 1.58. The van der Waals surface area contributed by atoms with Gasteiger partial charge in [0.15, 0.2) is 0 Å². The second-order valence-corrected chi connectivity index (χ2v) is 5.56. The van der Waals surface area contributed by atoms with Gasteiger partial charge in [0, 0.05) is 25.6 Å². The molecule has 0 aliphatic carbocycles. The highest BCUT2D eigenvalue weighted by Crippen LogP contribution is 2.16. The molecule has 0 spiro atoms. The standard InChI is InChI=1S/C13H25N5/c1-10(2)4-5-12-15-13(17-16-12)18-8-6-11(14-3)7-9-18/h10-11,14H,4-9H2,1-3H3,(H,15,16,17). The molecule has 1 fully saturated rings. The van der Waals surface area contributed by atoms with Gasteiger partial charge < -0.3 is 10.2 Å². The van der Waals surface area contributed by atoms with Gasteiger partial charge in [-0.1, -0.05) is 13.8 Å². The molecule has 0 amide bonds. The summed E-state index contributed by atoms with van der Waals surface area (Å²) in [6.07, 6.45) is 4.51. The minimum atomic E-state index is 0.653. The molecule has 0 atom stereocenters. The van der Waals surface area contributed by atoms with E-state index < -0.39 is 0 Å². The van der Waals surface area contributed by atoms with Crippen LogP contribution < -0.4 is 10.2 Å². The number of hydrogen-bond donors (Lipinski definition) is 2. The Morgan fingerprint density at radius 1 is 1.39 bits per heavy atom. The lowest BCUT2D eigenvalue weighted by atomic mass is 10.1. The third-order valence-electron chi connectivity index (χ3n) is 3.66. The van der Waals surface area contributed by atoms with Crippen molar-refractivity contribution in [3.05, 3.63) is 5.82 Å². The van der Waals surface area contributed by atoms with E-state index >= 15 is 0 Å². The number of rotatable bonds is 5. The summed E-state index contributed by atoms with van der Waals surface area (Å²) in [5, 5.41) is 10.7. The molecule has 1 aliphatic rings. The summed E-state index contributed by atoms with van der Waals surface area (Å²) < 4.78 is 0. The molecule has 2 heterocycles. The van der Waals surface area contributed by atoms with Gasteiger partial charge in [-0.05, 0) is 32.2 Å². The van der Waals surface area contributed by atoms with E-state index in [4.69, 9.17) is 0 Å². The Labute approximate surface area is 109 Å². The van der Waals surface area contributed by atoms with Gasteiger partial charge in [0.25, 0.3) is 0 Å². The second kappa shape index (κ2) is 6.18. The highest BCUT2D eigenvalue weighted by atomic mass is 15.4. The Hall–Kier alpha value is -1.10. The Kier molecular flexibility index (Phi) is 4.58. The molecule has 102 valence electrons. The molecular formula is C13H25N5. The van der Waals surface area contributed by atoms with Crippen LogP contribution in [0, 0.1) is 5.92 Å². The van der Waals surface area contributed by atoms with Crippen LogP contribution in [0.5, 0.6) is 0 Å². The summed E-state index contributed by atoms with van der Waals surface area (Å²) in [5.74, 6) is 2.61. The highest BCUT2D eigenvalue weighted by Gasteiger charge is 2.20. The van der Waals surface area contributed by atoms with Crippen molar-refractivity contribution in [2.24, 2.45) is 5.92 Å². The van der Waals surface area contributed by atoms with Crippen molar-refractivity contribution >= 4 is 5.95 Å². The molecule has 1 aromatic heterocycles. The number of nitrogens with one attached hydrogen (secondary N) is 2. The zero-order chi connectivity index (χ0) is 13.0. The summed E-state index contributed by atoms with van der Waals surface area (Å²) >= 11 is 0. The van der Waals surface area contributed by atoms with Crippen LogP contribution in [-0.2, 0) is 6.42 Å². The summed E-state index contributed by atoms with van der Waals surface area (Å²) in [4.78, 5) is 6.88. The van der Waals surface area contributed by atoms with E-state index in [1.165, 1.54) is 12.8 Å². The molecular weight excluding hydrogens is 226 g/mol. The van der Waals surface area contributed by atoms with Gasteiger partial charge in [0.1, 0.15) is 5.82 Å². The summed E-state index contributed by atoms with van der Waals surface area (Å²) in [6, 6.07) is 0.653. The van der Waals surface area contributed by atoms with Crippen molar-refractivity contribution < 1.29 is 0 Å². The number of aromatic nitrogens is 3. The minimum absolute atomic E-state index is 0.653. The van der Waals surface area contributed by atoms with E-state index in [1.54, 1.807) is 0 Å². The SMILES string of the molecule is CNC1CCN(c2n[nH]c(CCC(C)C)n2)CC1. The molecule has 2 N–H and O–H groups in total. The van der Waals surface area contributed by atoms with Gasteiger partial charge in [-0.15, -0.1) is 5.10 Å². The maximum atomic E-state index is 4.60. The van der Waals surface area contributed by atoms with E-state index in [0.717, 1.165) is 37.7 Å². The summed E-state index contributed by atoms with van der Waals surface area (Å²) in [5.41, 5.74) is 0. The number of nitrogens with zero attached hydrogens (tertiary/aromatic N) is 3.